The molecule has 0 aliphatic carbocycles. The Balaban J connectivity index is 3.09. The first-order valence-corrected chi connectivity index (χ1v) is 5.79. The molecule has 1 aromatic carbocycles. The van der Waals surface area contributed by atoms with Crippen LogP contribution >= 0.6 is 0 Å². The summed E-state index contributed by atoms with van der Waals surface area (Å²) in [6, 6.07) is 7.17. The second-order valence-electron chi connectivity index (χ2n) is 4.86. The lowest BCUT2D eigenvalue weighted by Crippen LogP contribution is -2.29. The van der Waals surface area contributed by atoms with E-state index in [0.717, 1.165) is 12.0 Å². The molecule has 5 nitrogen and oxygen atoms in total. The maximum atomic E-state index is 11.2. The number of hydrogen-bond acceptors (Lipinski definition) is 2. The molecule has 1 N–H and O–H groups in total. The predicted octanol–water partition coefficient (Wildman–Crippen LogP) is 3.50. The van der Waals surface area contributed by atoms with E-state index in [1.165, 1.54) is 6.92 Å². The number of aliphatic carboxylic acids is 1. The third-order valence-corrected chi connectivity index (χ3v) is 2.82. The molecule has 0 fully saturated rings. The highest BCUT2D eigenvalue weighted by Crippen LogP contribution is 2.26. The second kappa shape index (κ2) is 5.56. The zero-order valence-corrected chi connectivity index (χ0v) is 10.8. The molecule has 96 valence electrons. The molecular weight excluding hydrogens is 230 g/mol. The number of hydrogen-bond donors (Lipinski definition) is 1. The first kappa shape index (κ1) is 14.1. The van der Waals surface area contributed by atoms with Gasteiger partial charge in [0.1, 0.15) is 0 Å². The van der Waals surface area contributed by atoms with Gasteiger partial charge in [0.2, 0.25) is 0 Å². The van der Waals surface area contributed by atoms with Crippen LogP contribution in [0.4, 0.5) is 0 Å². The minimum Gasteiger partial charge on any atom is -0.480 e. The number of carboxylic acid groups (broad SMARTS) is 1. The van der Waals surface area contributed by atoms with Crippen LogP contribution in [0.15, 0.2) is 29.4 Å². The first-order valence-electron chi connectivity index (χ1n) is 5.79. The van der Waals surface area contributed by atoms with E-state index in [0.29, 0.717) is 11.5 Å². The summed E-state index contributed by atoms with van der Waals surface area (Å²) in [5.41, 5.74) is 8.56. The number of rotatable bonds is 5. The van der Waals surface area contributed by atoms with Crippen molar-refractivity contribution in [3.63, 3.8) is 0 Å². The van der Waals surface area contributed by atoms with E-state index in [-0.39, 0.29) is 0 Å². The van der Waals surface area contributed by atoms with Crippen molar-refractivity contribution < 1.29 is 9.90 Å². The Morgan fingerprint density at radius 3 is 2.39 bits per heavy atom. The van der Waals surface area contributed by atoms with Gasteiger partial charge in [-0.2, -0.15) is 0 Å². The topological polar surface area (TPSA) is 86.1 Å². The summed E-state index contributed by atoms with van der Waals surface area (Å²) in [4.78, 5) is 13.8. The summed E-state index contributed by atoms with van der Waals surface area (Å²) in [6.45, 7) is 5.64. The Hall–Kier alpha value is -2.00. The molecule has 0 spiro atoms. The van der Waals surface area contributed by atoms with Gasteiger partial charge in [0.15, 0.2) is 5.54 Å². The normalized spacial score (nSPS) is 13.8. The standard InChI is InChI=1S/C13H17N3O2/c1-9(2)8-10-4-6-11(7-5-10)13(3,12(17)18)15-16-14/h4-7,9H,8H2,1-3H3,(H,17,18)/t13-/m0/s1. The summed E-state index contributed by atoms with van der Waals surface area (Å²) in [5, 5.41) is 12.6. The van der Waals surface area contributed by atoms with Crippen molar-refractivity contribution in [1.82, 2.24) is 0 Å². The highest BCUT2D eigenvalue weighted by Gasteiger charge is 2.34. The van der Waals surface area contributed by atoms with Gasteiger partial charge in [0.05, 0.1) is 0 Å². The van der Waals surface area contributed by atoms with Crippen LogP contribution in [0.25, 0.3) is 10.4 Å². The first-order chi connectivity index (χ1) is 8.40. The van der Waals surface area contributed by atoms with E-state index < -0.39 is 11.5 Å². The van der Waals surface area contributed by atoms with E-state index in [9.17, 15) is 4.79 Å². The highest BCUT2D eigenvalue weighted by molar-refractivity contribution is 5.80. The predicted molar refractivity (Wildman–Crippen MR) is 69.1 cm³/mol. The molecule has 0 saturated heterocycles. The van der Waals surface area contributed by atoms with Crippen LogP contribution in [-0.4, -0.2) is 11.1 Å². The molecule has 0 aliphatic heterocycles. The van der Waals surface area contributed by atoms with Crippen molar-refractivity contribution in [1.29, 1.82) is 0 Å². The highest BCUT2D eigenvalue weighted by atomic mass is 16.4. The molecule has 0 unspecified atom stereocenters. The monoisotopic (exact) mass is 247 g/mol. The molecular formula is C13H17N3O2. The lowest BCUT2D eigenvalue weighted by Gasteiger charge is -2.19. The minimum atomic E-state index is -1.55. The van der Waals surface area contributed by atoms with E-state index in [4.69, 9.17) is 10.6 Å². The Kier molecular flexibility index (Phi) is 4.34. The molecule has 18 heavy (non-hydrogen) atoms. The van der Waals surface area contributed by atoms with Gasteiger partial charge < -0.3 is 5.11 Å². The van der Waals surface area contributed by atoms with Gasteiger partial charge in [-0.15, -0.1) is 0 Å². The Bertz CT molecular complexity index is 472. The Morgan fingerprint density at radius 2 is 2.00 bits per heavy atom. The summed E-state index contributed by atoms with van der Waals surface area (Å²) >= 11 is 0. The molecule has 0 aromatic heterocycles. The lowest BCUT2D eigenvalue weighted by atomic mass is 9.91. The van der Waals surface area contributed by atoms with E-state index in [1.54, 1.807) is 12.1 Å². The average Bonchev–Trinajstić information content (AvgIpc) is 2.29. The summed E-state index contributed by atoms with van der Waals surface area (Å²) in [7, 11) is 0. The molecule has 0 aliphatic rings. The maximum Gasteiger partial charge on any atom is 0.319 e. The third-order valence-electron chi connectivity index (χ3n) is 2.82. The summed E-state index contributed by atoms with van der Waals surface area (Å²) < 4.78 is 0. The third kappa shape index (κ3) is 3.02. The van der Waals surface area contributed by atoms with Crippen LogP contribution in [-0.2, 0) is 16.8 Å². The number of carboxylic acids is 1. The molecule has 0 saturated carbocycles. The fraction of sp³-hybridized carbons (Fsp3) is 0.462. The van der Waals surface area contributed by atoms with Crippen molar-refractivity contribution in [2.24, 2.45) is 11.0 Å². The van der Waals surface area contributed by atoms with Crippen LogP contribution in [0, 0.1) is 5.92 Å². The van der Waals surface area contributed by atoms with Gasteiger partial charge in [-0.25, -0.2) is 0 Å². The quantitative estimate of drug-likeness (QED) is 0.490. The molecule has 0 radical (unpaired) electrons. The van der Waals surface area contributed by atoms with Crippen LogP contribution < -0.4 is 0 Å². The summed E-state index contributed by atoms with van der Waals surface area (Å²) in [6.07, 6.45) is 0.936. The van der Waals surface area contributed by atoms with Gasteiger partial charge in [-0.1, -0.05) is 43.2 Å². The molecule has 0 bridgehead atoms. The van der Waals surface area contributed by atoms with Crippen LogP contribution in [0.3, 0.4) is 0 Å². The molecule has 1 rings (SSSR count). The zero-order valence-electron chi connectivity index (χ0n) is 10.8. The van der Waals surface area contributed by atoms with Crippen molar-refractivity contribution in [3.8, 4) is 0 Å². The van der Waals surface area contributed by atoms with Crippen LogP contribution in [0.5, 0.6) is 0 Å². The van der Waals surface area contributed by atoms with Crippen molar-refractivity contribution in [3.05, 3.63) is 45.8 Å². The van der Waals surface area contributed by atoms with Crippen LogP contribution in [0.2, 0.25) is 0 Å². The van der Waals surface area contributed by atoms with Gasteiger partial charge in [-0.3, -0.25) is 4.79 Å². The minimum absolute atomic E-state index is 0.486. The molecule has 1 aromatic rings. The van der Waals surface area contributed by atoms with Crippen LogP contribution in [0.1, 0.15) is 31.9 Å². The number of carbonyl (C=O) groups is 1. The number of azide groups is 1. The fourth-order valence-electron chi connectivity index (χ4n) is 1.75. The van der Waals surface area contributed by atoms with Gasteiger partial charge >= 0.3 is 5.97 Å². The molecule has 0 heterocycles. The zero-order chi connectivity index (χ0) is 13.8. The largest absolute Gasteiger partial charge is 0.480 e. The van der Waals surface area contributed by atoms with Gasteiger partial charge in [0.25, 0.3) is 0 Å². The van der Waals surface area contributed by atoms with E-state index in [2.05, 4.69) is 23.9 Å². The average molecular weight is 247 g/mol. The van der Waals surface area contributed by atoms with Crippen molar-refractivity contribution in [2.75, 3.05) is 0 Å². The molecule has 5 heteroatoms. The van der Waals surface area contributed by atoms with Gasteiger partial charge in [0, 0.05) is 4.91 Å². The summed E-state index contributed by atoms with van der Waals surface area (Å²) in [5.74, 6) is -0.615. The Labute approximate surface area is 106 Å². The van der Waals surface area contributed by atoms with Crippen molar-refractivity contribution >= 4 is 5.97 Å². The fourth-order valence-corrected chi connectivity index (χ4v) is 1.75. The SMILES string of the molecule is CC(C)Cc1ccc([C@](C)(N=[N+]=[N-])C(=O)O)cc1. The van der Waals surface area contributed by atoms with Crippen molar-refractivity contribution in [2.45, 2.75) is 32.7 Å². The second-order valence-corrected chi connectivity index (χ2v) is 4.86. The van der Waals surface area contributed by atoms with E-state index in [1.807, 2.05) is 12.1 Å². The number of benzene rings is 1. The van der Waals surface area contributed by atoms with Gasteiger partial charge in [-0.05, 0) is 35.9 Å². The smallest absolute Gasteiger partial charge is 0.319 e. The molecule has 1 atom stereocenters. The lowest BCUT2D eigenvalue weighted by molar-refractivity contribution is -0.142. The number of nitrogens with zero attached hydrogens (tertiary/aromatic N) is 3. The van der Waals surface area contributed by atoms with E-state index >= 15 is 0 Å². The maximum absolute atomic E-state index is 11.2. The molecule has 0 amide bonds. The Morgan fingerprint density at radius 1 is 1.44 bits per heavy atom.